The second-order valence-corrected chi connectivity index (χ2v) is 6.38. The van der Waals surface area contributed by atoms with E-state index in [1.807, 2.05) is 79.4 Å². The summed E-state index contributed by atoms with van der Waals surface area (Å²) in [7, 11) is 0. The smallest absolute Gasteiger partial charge is 0.241 e. The molecule has 21 heavy (non-hydrogen) atoms. The Morgan fingerprint density at radius 3 is 2.05 bits per heavy atom. The Morgan fingerprint density at radius 1 is 1.00 bits per heavy atom. The Bertz CT molecular complexity index is 568. The second-order valence-electron chi connectivity index (χ2n) is 5.39. The van der Waals surface area contributed by atoms with Crippen LogP contribution in [0.25, 0.3) is 0 Å². The molecule has 0 spiro atoms. The topological polar surface area (TPSA) is 20.3 Å². The lowest BCUT2D eigenvalue weighted by Gasteiger charge is -2.27. The van der Waals surface area contributed by atoms with Gasteiger partial charge in [-0.25, -0.2) is 0 Å². The highest BCUT2D eigenvalue weighted by molar-refractivity contribution is 9.10. The maximum Gasteiger partial charge on any atom is 0.241 e. The Labute approximate surface area is 134 Å². The number of hydrogen-bond acceptors (Lipinski definition) is 1. The van der Waals surface area contributed by atoms with Gasteiger partial charge in [0.25, 0.3) is 0 Å². The monoisotopic (exact) mass is 345 g/mol. The number of para-hydroxylation sites is 1. The molecule has 0 fully saturated rings. The van der Waals surface area contributed by atoms with Crippen molar-refractivity contribution in [1.82, 2.24) is 0 Å². The third-order valence-electron chi connectivity index (χ3n) is 3.34. The number of benzene rings is 2. The van der Waals surface area contributed by atoms with Crippen molar-refractivity contribution in [3.05, 3.63) is 66.2 Å². The SMILES string of the molecule is CC(C)C(Br)C(=O)N(Cc1ccccc1)c1ccccc1. The predicted molar refractivity (Wildman–Crippen MR) is 91.6 cm³/mol. The molecule has 1 unspecified atom stereocenters. The van der Waals surface area contributed by atoms with Crippen LogP contribution in [0.3, 0.4) is 0 Å². The van der Waals surface area contributed by atoms with Crippen LogP contribution < -0.4 is 4.90 Å². The Hall–Kier alpha value is -1.61. The van der Waals surface area contributed by atoms with E-state index in [4.69, 9.17) is 0 Å². The highest BCUT2D eigenvalue weighted by atomic mass is 79.9. The van der Waals surface area contributed by atoms with Crippen molar-refractivity contribution < 1.29 is 4.79 Å². The first-order chi connectivity index (χ1) is 10.1. The van der Waals surface area contributed by atoms with Gasteiger partial charge in [0.15, 0.2) is 0 Å². The van der Waals surface area contributed by atoms with Gasteiger partial charge in [-0.15, -0.1) is 0 Å². The fourth-order valence-corrected chi connectivity index (χ4v) is 2.35. The molecule has 2 aromatic rings. The van der Waals surface area contributed by atoms with Gasteiger partial charge in [-0.05, 0) is 23.6 Å². The standard InChI is InChI=1S/C18H20BrNO/c1-14(2)17(19)18(21)20(16-11-7-4-8-12-16)13-15-9-5-3-6-10-15/h3-12,14,17H,13H2,1-2H3. The summed E-state index contributed by atoms with van der Waals surface area (Å²) in [5, 5.41) is 0. The van der Waals surface area contributed by atoms with Gasteiger partial charge in [0.2, 0.25) is 5.91 Å². The van der Waals surface area contributed by atoms with Crippen LogP contribution in [0.15, 0.2) is 60.7 Å². The first kappa shape index (κ1) is 15.8. The van der Waals surface area contributed by atoms with Crippen LogP contribution in [-0.4, -0.2) is 10.7 Å². The fourth-order valence-electron chi connectivity index (χ4n) is 2.10. The van der Waals surface area contributed by atoms with E-state index in [9.17, 15) is 4.79 Å². The average Bonchev–Trinajstić information content (AvgIpc) is 2.53. The number of halogens is 1. The summed E-state index contributed by atoms with van der Waals surface area (Å²) in [6.45, 7) is 4.67. The third kappa shape index (κ3) is 4.18. The van der Waals surface area contributed by atoms with Gasteiger partial charge in [0.05, 0.1) is 11.4 Å². The number of hydrogen-bond donors (Lipinski definition) is 0. The summed E-state index contributed by atoms with van der Waals surface area (Å²) in [4.78, 5) is 14.4. The van der Waals surface area contributed by atoms with Crippen LogP contribution in [-0.2, 0) is 11.3 Å². The molecule has 0 aromatic heterocycles. The van der Waals surface area contributed by atoms with E-state index < -0.39 is 0 Å². The summed E-state index contributed by atoms with van der Waals surface area (Å²) in [5.74, 6) is 0.347. The summed E-state index contributed by atoms with van der Waals surface area (Å²) in [5.41, 5.74) is 2.05. The summed E-state index contributed by atoms with van der Waals surface area (Å²) in [6, 6.07) is 19.9. The number of amides is 1. The summed E-state index contributed by atoms with van der Waals surface area (Å²) >= 11 is 3.53. The first-order valence-corrected chi connectivity index (χ1v) is 8.05. The minimum Gasteiger partial charge on any atom is -0.307 e. The molecule has 0 bridgehead atoms. The lowest BCUT2D eigenvalue weighted by atomic mass is 10.1. The molecule has 0 radical (unpaired) electrons. The van der Waals surface area contributed by atoms with Crippen LogP contribution in [0, 0.1) is 5.92 Å². The van der Waals surface area contributed by atoms with Crippen LogP contribution >= 0.6 is 15.9 Å². The molecule has 1 atom stereocenters. The van der Waals surface area contributed by atoms with Crippen molar-refractivity contribution in [1.29, 1.82) is 0 Å². The van der Waals surface area contributed by atoms with Crippen molar-refractivity contribution in [2.45, 2.75) is 25.2 Å². The van der Waals surface area contributed by atoms with E-state index >= 15 is 0 Å². The fraction of sp³-hybridized carbons (Fsp3) is 0.278. The lowest BCUT2D eigenvalue weighted by molar-refractivity contribution is -0.118. The van der Waals surface area contributed by atoms with Gasteiger partial charge in [0, 0.05) is 5.69 Å². The van der Waals surface area contributed by atoms with Gasteiger partial charge < -0.3 is 4.90 Å². The van der Waals surface area contributed by atoms with E-state index in [0.717, 1.165) is 11.3 Å². The summed E-state index contributed by atoms with van der Waals surface area (Å²) < 4.78 is 0. The molecule has 1 amide bonds. The zero-order valence-electron chi connectivity index (χ0n) is 12.4. The molecule has 0 N–H and O–H groups in total. The lowest BCUT2D eigenvalue weighted by Crippen LogP contribution is -2.38. The molecule has 3 heteroatoms. The van der Waals surface area contributed by atoms with E-state index in [-0.39, 0.29) is 16.7 Å². The molecular formula is C18H20BrNO. The predicted octanol–water partition coefficient (Wildman–Crippen LogP) is 4.64. The molecular weight excluding hydrogens is 326 g/mol. The van der Waals surface area contributed by atoms with Crippen LogP contribution in [0.1, 0.15) is 19.4 Å². The molecule has 0 aliphatic heterocycles. The number of anilines is 1. The van der Waals surface area contributed by atoms with Crippen molar-refractivity contribution in [2.75, 3.05) is 4.90 Å². The van der Waals surface area contributed by atoms with Crippen LogP contribution in [0.2, 0.25) is 0 Å². The first-order valence-electron chi connectivity index (χ1n) is 7.14. The van der Waals surface area contributed by atoms with E-state index in [1.165, 1.54) is 0 Å². The number of nitrogens with zero attached hydrogens (tertiary/aromatic N) is 1. The molecule has 0 aliphatic carbocycles. The highest BCUT2D eigenvalue weighted by Crippen LogP contribution is 2.23. The summed E-state index contributed by atoms with van der Waals surface area (Å²) in [6.07, 6.45) is 0. The largest absolute Gasteiger partial charge is 0.307 e. The number of rotatable bonds is 5. The van der Waals surface area contributed by atoms with Gasteiger partial charge in [-0.1, -0.05) is 78.3 Å². The number of carbonyl (C=O) groups is 1. The zero-order valence-corrected chi connectivity index (χ0v) is 14.0. The Morgan fingerprint density at radius 2 is 1.52 bits per heavy atom. The maximum absolute atomic E-state index is 12.8. The second kappa shape index (κ2) is 7.41. The molecule has 0 saturated carbocycles. The molecule has 0 heterocycles. The quantitative estimate of drug-likeness (QED) is 0.723. The molecule has 2 rings (SSSR count). The normalized spacial score (nSPS) is 12.2. The Kier molecular flexibility index (Phi) is 5.57. The third-order valence-corrected chi connectivity index (χ3v) is 4.79. The Balaban J connectivity index is 2.29. The highest BCUT2D eigenvalue weighted by Gasteiger charge is 2.25. The zero-order chi connectivity index (χ0) is 15.2. The molecule has 0 saturated heterocycles. The van der Waals surface area contributed by atoms with E-state index in [1.54, 1.807) is 0 Å². The average molecular weight is 346 g/mol. The van der Waals surface area contributed by atoms with Gasteiger partial charge in [0.1, 0.15) is 0 Å². The van der Waals surface area contributed by atoms with E-state index in [2.05, 4.69) is 15.9 Å². The van der Waals surface area contributed by atoms with Crippen molar-refractivity contribution in [3.8, 4) is 0 Å². The van der Waals surface area contributed by atoms with Gasteiger partial charge >= 0.3 is 0 Å². The van der Waals surface area contributed by atoms with Gasteiger partial charge in [-0.3, -0.25) is 4.79 Å². The van der Waals surface area contributed by atoms with Crippen molar-refractivity contribution in [2.24, 2.45) is 5.92 Å². The molecule has 0 aliphatic rings. The van der Waals surface area contributed by atoms with Crippen molar-refractivity contribution >= 4 is 27.5 Å². The molecule has 2 aromatic carbocycles. The number of carbonyl (C=O) groups excluding carboxylic acids is 1. The molecule has 110 valence electrons. The van der Waals surface area contributed by atoms with E-state index in [0.29, 0.717) is 6.54 Å². The molecule has 2 nitrogen and oxygen atoms in total. The van der Waals surface area contributed by atoms with Gasteiger partial charge in [-0.2, -0.15) is 0 Å². The minimum atomic E-state index is -0.179. The van der Waals surface area contributed by atoms with Crippen LogP contribution in [0.5, 0.6) is 0 Å². The minimum absolute atomic E-state index is 0.0973. The number of alkyl halides is 1. The van der Waals surface area contributed by atoms with Crippen LogP contribution in [0.4, 0.5) is 5.69 Å². The van der Waals surface area contributed by atoms with Crippen molar-refractivity contribution in [3.63, 3.8) is 0 Å². The maximum atomic E-state index is 12.8.